The summed E-state index contributed by atoms with van der Waals surface area (Å²) < 4.78 is 1.70. The minimum atomic E-state index is -0.237. The number of carbonyl (C=O) groups is 1. The fourth-order valence-electron chi connectivity index (χ4n) is 1.39. The van der Waals surface area contributed by atoms with Gasteiger partial charge in [0.1, 0.15) is 0 Å². The smallest absolute Gasteiger partial charge is 0.319 e. The largest absolute Gasteiger partial charge is 0.333 e. The Morgan fingerprint density at radius 2 is 2.12 bits per heavy atom. The van der Waals surface area contributed by atoms with Crippen molar-refractivity contribution in [3.63, 3.8) is 0 Å². The highest BCUT2D eigenvalue weighted by molar-refractivity contribution is 5.90. The van der Waals surface area contributed by atoms with Crippen LogP contribution in [0.1, 0.15) is 33.4 Å². The fourth-order valence-corrected chi connectivity index (χ4v) is 1.39. The number of amides is 2. The van der Waals surface area contributed by atoms with E-state index in [9.17, 15) is 4.79 Å². The summed E-state index contributed by atoms with van der Waals surface area (Å²) in [4.78, 5) is 11.6. The lowest BCUT2D eigenvalue weighted by molar-refractivity contribution is 0.244. The molecule has 16 heavy (non-hydrogen) atoms. The molecule has 0 aromatic carbocycles. The fraction of sp³-hybridized carbons (Fsp3) is 0.636. The van der Waals surface area contributed by atoms with Crippen molar-refractivity contribution in [1.29, 1.82) is 0 Å². The van der Waals surface area contributed by atoms with Crippen molar-refractivity contribution >= 4 is 11.7 Å². The van der Waals surface area contributed by atoms with Gasteiger partial charge < -0.3 is 10.6 Å². The molecule has 2 amide bonds. The number of nitrogens with one attached hydrogen (secondary N) is 2. The monoisotopic (exact) mass is 224 g/mol. The van der Waals surface area contributed by atoms with Crippen molar-refractivity contribution in [3.8, 4) is 0 Å². The average Bonchev–Trinajstić information content (AvgIpc) is 2.42. The zero-order chi connectivity index (χ0) is 12.3. The van der Waals surface area contributed by atoms with Crippen molar-refractivity contribution < 1.29 is 4.79 Å². The third kappa shape index (κ3) is 3.56. The highest BCUT2D eigenvalue weighted by atomic mass is 16.2. The van der Waals surface area contributed by atoms with Crippen LogP contribution < -0.4 is 10.6 Å². The summed E-state index contributed by atoms with van der Waals surface area (Å²) in [5.74, 6) is 0. The number of aromatic nitrogens is 2. The Kier molecular flexibility index (Phi) is 3.57. The van der Waals surface area contributed by atoms with Gasteiger partial charge >= 0.3 is 6.03 Å². The molecule has 0 saturated heterocycles. The number of nitrogens with zero attached hydrogens (tertiary/aromatic N) is 2. The third-order valence-corrected chi connectivity index (χ3v) is 1.98. The lowest BCUT2D eigenvalue weighted by atomic mass is 10.1. The molecule has 0 atom stereocenters. The molecule has 0 unspecified atom stereocenters. The van der Waals surface area contributed by atoms with Crippen LogP contribution in [-0.4, -0.2) is 21.4 Å². The van der Waals surface area contributed by atoms with Crippen molar-refractivity contribution in [2.24, 2.45) is 7.05 Å². The molecule has 1 rings (SSSR count). The standard InChI is InChI=1S/C11H20N4O/c1-6-8-9(7-15(5)14-8)12-10(16)13-11(2,3)4/h7H,6H2,1-5H3,(H2,12,13,16). The number of carbonyl (C=O) groups excluding carboxylic acids is 1. The summed E-state index contributed by atoms with van der Waals surface area (Å²) in [6.45, 7) is 7.83. The lowest BCUT2D eigenvalue weighted by Gasteiger charge is -2.20. The first-order valence-corrected chi connectivity index (χ1v) is 5.43. The van der Waals surface area contributed by atoms with E-state index in [2.05, 4.69) is 15.7 Å². The predicted molar refractivity (Wildman–Crippen MR) is 64.5 cm³/mol. The first-order chi connectivity index (χ1) is 7.31. The number of hydrogen-bond acceptors (Lipinski definition) is 2. The van der Waals surface area contributed by atoms with E-state index in [0.717, 1.165) is 17.8 Å². The molecular weight excluding hydrogens is 204 g/mol. The van der Waals surface area contributed by atoms with Crippen molar-refractivity contribution in [1.82, 2.24) is 15.1 Å². The first-order valence-electron chi connectivity index (χ1n) is 5.43. The van der Waals surface area contributed by atoms with E-state index in [1.165, 1.54) is 0 Å². The van der Waals surface area contributed by atoms with Crippen LogP contribution in [0.3, 0.4) is 0 Å². The predicted octanol–water partition coefficient (Wildman–Crippen LogP) is 1.90. The summed E-state index contributed by atoms with van der Waals surface area (Å²) >= 11 is 0. The van der Waals surface area contributed by atoms with E-state index in [1.807, 2.05) is 34.7 Å². The second-order valence-electron chi connectivity index (χ2n) is 4.85. The van der Waals surface area contributed by atoms with Gasteiger partial charge in [-0.1, -0.05) is 6.92 Å². The third-order valence-electron chi connectivity index (χ3n) is 1.98. The average molecular weight is 224 g/mol. The molecule has 0 aliphatic carbocycles. The normalized spacial score (nSPS) is 11.3. The minimum Gasteiger partial charge on any atom is -0.333 e. The van der Waals surface area contributed by atoms with Crippen LogP contribution in [0.4, 0.5) is 10.5 Å². The number of aryl methyl sites for hydroxylation is 2. The Labute approximate surface area is 96.2 Å². The summed E-state index contributed by atoms with van der Waals surface area (Å²) in [6, 6.07) is -0.199. The van der Waals surface area contributed by atoms with Crippen LogP contribution in [0, 0.1) is 0 Å². The number of urea groups is 1. The summed E-state index contributed by atoms with van der Waals surface area (Å²) in [5, 5.41) is 9.90. The van der Waals surface area contributed by atoms with Crippen LogP contribution in [-0.2, 0) is 13.5 Å². The van der Waals surface area contributed by atoms with Gasteiger partial charge in [-0.2, -0.15) is 5.10 Å². The zero-order valence-corrected chi connectivity index (χ0v) is 10.6. The molecule has 5 heteroatoms. The molecule has 5 nitrogen and oxygen atoms in total. The quantitative estimate of drug-likeness (QED) is 0.806. The topological polar surface area (TPSA) is 59.0 Å². The van der Waals surface area contributed by atoms with E-state index < -0.39 is 0 Å². The van der Waals surface area contributed by atoms with Crippen LogP contribution in [0.15, 0.2) is 6.20 Å². The van der Waals surface area contributed by atoms with E-state index in [-0.39, 0.29) is 11.6 Å². The Morgan fingerprint density at radius 1 is 1.50 bits per heavy atom. The second kappa shape index (κ2) is 4.55. The summed E-state index contributed by atoms with van der Waals surface area (Å²) in [5.41, 5.74) is 1.43. The van der Waals surface area contributed by atoms with Gasteiger partial charge in [-0.25, -0.2) is 4.79 Å². The molecule has 0 aliphatic heterocycles. The molecule has 1 aromatic heterocycles. The van der Waals surface area contributed by atoms with Gasteiger partial charge in [0.05, 0.1) is 11.4 Å². The van der Waals surface area contributed by atoms with Gasteiger partial charge in [0.25, 0.3) is 0 Å². The van der Waals surface area contributed by atoms with E-state index in [1.54, 1.807) is 10.9 Å². The SMILES string of the molecule is CCc1nn(C)cc1NC(=O)NC(C)(C)C. The Bertz CT molecular complexity index is 376. The van der Waals surface area contributed by atoms with Gasteiger partial charge in [0.15, 0.2) is 0 Å². The lowest BCUT2D eigenvalue weighted by Crippen LogP contribution is -2.43. The highest BCUT2D eigenvalue weighted by Crippen LogP contribution is 2.13. The molecule has 2 N–H and O–H groups in total. The van der Waals surface area contributed by atoms with Gasteiger partial charge in [-0.05, 0) is 27.2 Å². The number of hydrogen-bond donors (Lipinski definition) is 2. The van der Waals surface area contributed by atoms with Crippen molar-refractivity contribution in [2.75, 3.05) is 5.32 Å². The Morgan fingerprint density at radius 3 is 2.62 bits per heavy atom. The molecule has 0 spiro atoms. The molecule has 0 fully saturated rings. The molecule has 0 saturated carbocycles. The van der Waals surface area contributed by atoms with Crippen LogP contribution >= 0.6 is 0 Å². The van der Waals surface area contributed by atoms with Crippen LogP contribution in [0.2, 0.25) is 0 Å². The second-order valence-corrected chi connectivity index (χ2v) is 4.85. The van der Waals surface area contributed by atoms with E-state index in [0.29, 0.717) is 0 Å². The van der Waals surface area contributed by atoms with Crippen LogP contribution in [0.5, 0.6) is 0 Å². The Balaban J connectivity index is 2.69. The van der Waals surface area contributed by atoms with Gasteiger partial charge in [0, 0.05) is 18.8 Å². The van der Waals surface area contributed by atoms with Crippen molar-refractivity contribution in [3.05, 3.63) is 11.9 Å². The maximum Gasteiger partial charge on any atom is 0.319 e. The van der Waals surface area contributed by atoms with E-state index in [4.69, 9.17) is 0 Å². The van der Waals surface area contributed by atoms with Gasteiger partial charge in [-0.3, -0.25) is 4.68 Å². The highest BCUT2D eigenvalue weighted by Gasteiger charge is 2.15. The molecule has 1 heterocycles. The summed E-state index contributed by atoms with van der Waals surface area (Å²) in [6.07, 6.45) is 2.60. The number of rotatable bonds is 2. The molecule has 0 bridgehead atoms. The number of anilines is 1. The zero-order valence-electron chi connectivity index (χ0n) is 10.6. The van der Waals surface area contributed by atoms with Gasteiger partial charge in [-0.15, -0.1) is 0 Å². The molecule has 0 aliphatic rings. The maximum atomic E-state index is 11.6. The minimum absolute atomic E-state index is 0.199. The van der Waals surface area contributed by atoms with Crippen LogP contribution in [0.25, 0.3) is 0 Å². The molecule has 90 valence electrons. The maximum absolute atomic E-state index is 11.6. The molecule has 0 radical (unpaired) electrons. The Hall–Kier alpha value is -1.52. The molecular formula is C11H20N4O. The van der Waals surface area contributed by atoms with Gasteiger partial charge in [0.2, 0.25) is 0 Å². The van der Waals surface area contributed by atoms with E-state index >= 15 is 0 Å². The summed E-state index contributed by atoms with van der Waals surface area (Å²) in [7, 11) is 1.84. The molecule has 1 aromatic rings. The first kappa shape index (κ1) is 12.5. The van der Waals surface area contributed by atoms with Crippen molar-refractivity contribution in [2.45, 2.75) is 39.7 Å².